The van der Waals surface area contributed by atoms with E-state index in [9.17, 15) is 0 Å². The molecule has 11 heavy (non-hydrogen) atoms. The maximum absolute atomic E-state index is 5.46. The molecule has 0 amide bonds. The molecule has 0 saturated carbocycles. The first-order valence-electron chi connectivity index (χ1n) is 3.95. The van der Waals surface area contributed by atoms with Crippen molar-refractivity contribution < 1.29 is 4.42 Å². The van der Waals surface area contributed by atoms with E-state index in [2.05, 4.69) is 12.2 Å². The van der Waals surface area contributed by atoms with Gasteiger partial charge < -0.3 is 9.73 Å². The van der Waals surface area contributed by atoms with Crippen molar-refractivity contribution in [1.82, 2.24) is 5.32 Å². The van der Waals surface area contributed by atoms with Crippen LogP contribution in [0.15, 0.2) is 16.5 Å². The van der Waals surface area contributed by atoms with Gasteiger partial charge in [0.25, 0.3) is 0 Å². The van der Waals surface area contributed by atoms with Crippen molar-refractivity contribution in [1.29, 1.82) is 0 Å². The summed E-state index contributed by atoms with van der Waals surface area (Å²) in [5, 5.41) is 3.12. The molecule has 0 aromatic carbocycles. The van der Waals surface area contributed by atoms with Gasteiger partial charge in [0.2, 0.25) is 0 Å². The molecule has 0 aliphatic carbocycles. The molecule has 1 heterocycles. The van der Waals surface area contributed by atoms with Crippen LogP contribution >= 0.6 is 0 Å². The van der Waals surface area contributed by atoms with Crippen molar-refractivity contribution in [2.45, 2.75) is 19.8 Å². The van der Waals surface area contributed by atoms with Crippen molar-refractivity contribution in [2.24, 2.45) is 0 Å². The summed E-state index contributed by atoms with van der Waals surface area (Å²) in [6.07, 6.45) is 0. The first kappa shape index (κ1) is 8.34. The zero-order valence-electron chi connectivity index (χ0n) is 7.35. The van der Waals surface area contributed by atoms with Crippen LogP contribution in [0.25, 0.3) is 0 Å². The molecular weight excluding hydrogens is 138 g/mol. The second-order valence-electron chi connectivity index (χ2n) is 2.91. The van der Waals surface area contributed by atoms with Gasteiger partial charge in [-0.05, 0) is 26.1 Å². The average molecular weight is 153 g/mol. The average Bonchev–Trinajstić information content (AvgIpc) is 2.36. The molecule has 0 aliphatic rings. The van der Waals surface area contributed by atoms with Gasteiger partial charge in [-0.3, -0.25) is 0 Å². The van der Waals surface area contributed by atoms with Crippen molar-refractivity contribution in [3.8, 4) is 0 Å². The van der Waals surface area contributed by atoms with E-state index in [1.165, 1.54) is 0 Å². The van der Waals surface area contributed by atoms with Crippen molar-refractivity contribution >= 4 is 0 Å². The lowest BCUT2D eigenvalue weighted by atomic mass is 10.1. The van der Waals surface area contributed by atoms with Gasteiger partial charge in [-0.1, -0.05) is 6.92 Å². The second-order valence-corrected chi connectivity index (χ2v) is 2.91. The molecule has 0 aliphatic heterocycles. The molecule has 0 fully saturated rings. The Hall–Kier alpha value is -0.760. The summed E-state index contributed by atoms with van der Waals surface area (Å²) in [6.45, 7) is 5.08. The Labute approximate surface area is 67.6 Å². The number of rotatable bonds is 3. The number of furan rings is 1. The quantitative estimate of drug-likeness (QED) is 0.717. The van der Waals surface area contributed by atoms with Crippen LogP contribution in [0, 0.1) is 6.92 Å². The molecule has 2 nitrogen and oxygen atoms in total. The summed E-state index contributed by atoms with van der Waals surface area (Å²) in [7, 11) is 1.95. The lowest BCUT2D eigenvalue weighted by Gasteiger charge is -2.05. The van der Waals surface area contributed by atoms with Gasteiger partial charge in [0.1, 0.15) is 11.5 Å². The molecule has 2 heteroatoms. The monoisotopic (exact) mass is 153 g/mol. The Morgan fingerprint density at radius 2 is 2.27 bits per heavy atom. The normalized spacial score (nSPS) is 13.4. The number of nitrogens with one attached hydrogen (secondary N) is 1. The molecule has 0 bridgehead atoms. The van der Waals surface area contributed by atoms with Gasteiger partial charge in [0.05, 0.1) is 0 Å². The Balaban J connectivity index is 2.60. The van der Waals surface area contributed by atoms with Crippen LogP contribution in [0.4, 0.5) is 0 Å². The fourth-order valence-electron chi connectivity index (χ4n) is 1.13. The van der Waals surface area contributed by atoms with E-state index in [4.69, 9.17) is 4.42 Å². The minimum Gasteiger partial charge on any atom is -0.466 e. The minimum atomic E-state index is 0.466. The summed E-state index contributed by atoms with van der Waals surface area (Å²) < 4.78 is 5.46. The highest BCUT2D eigenvalue weighted by Gasteiger charge is 2.07. The highest BCUT2D eigenvalue weighted by molar-refractivity contribution is 5.09. The van der Waals surface area contributed by atoms with Crippen LogP contribution in [-0.4, -0.2) is 13.6 Å². The predicted octanol–water partition coefficient (Wildman–Crippen LogP) is 1.91. The summed E-state index contributed by atoms with van der Waals surface area (Å²) in [5.41, 5.74) is 0. The number of likely N-dealkylation sites (N-methyl/N-ethyl adjacent to an activating group) is 1. The molecule has 1 rings (SSSR count). The van der Waals surface area contributed by atoms with E-state index in [0.29, 0.717) is 5.92 Å². The van der Waals surface area contributed by atoms with E-state index in [-0.39, 0.29) is 0 Å². The van der Waals surface area contributed by atoms with E-state index in [1.807, 2.05) is 26.1 Å². The van der Waals surface area contributed by atoms with Crippen LogP contribution in [-0.2, 0) is 0 Å². The van der Waals surface area contributed by atoms with Gasteiger partial charge in [-0.15, -0.1) is 0 Å². The lowest BCUT2D eigenvalue weighted by molar-refractivity contribution is 0.447. The predicted molar refractivity (Wildman–Crippen MR) is 45.8 cm³/mol. The standard InChI is InChI=1S/C9H15NO/c1-7(6-10-3)9-5-4-8(2)11-9/h4-5,7,10H,6H2,1-3H3. The van der Waals surface area contributed by atoms with E-state index in [0.717, 1.165) is 18.1 Å². The number of hydrogen-bond acceptors (Lipinski definition) is 2. The Kier molecular flexibility index (Phi) is 2.71. The third kappa shape index (κ3) is 2.09. The van der Waals surface area contributed by atoms with Gasteiger partial charge >= 0.3 is 0 Å². The zero-order valence-corrected chi connectivity index (χ0v) is 7.35. The van der Waals surface area contributed by atoms with Crippen LogP contribution in [0.3, 0.4) is 0 Å². The second kappa shape index (κ2) is 3.58. The maximum atomic E-state index is 5.46. The zero-order chi connectivity index (χ0) is 8.27. The van der Waals surface area contributed by atoms with Gasteiger partial charge in [0, 0.05) is 12.5 Å². The van der Waals surface area contributed by atoms with Crippen LogP contribution < -0.4 is 5.32 Å². The molecule has 1 aromatic heterocycles. The van der Waals surface area contributed by atoms with Crippen molar-refractivity contribution in [3.63, 3.8) is 0 Å². The smallest absolute Gasteiger partial charge is 0.108 e. The van der Waals surface area contributed by atoms with Crippen LogP contribution in [0.2, 0.25) is 0 Å². The lowest BCUT2D eigenvalue weighted by Crippen LogP contribution is -2.14. The molecule has 0 spiro atoms. The molecule has 1 N–H and O–H groups in total. The molecule has 0 saturated heterocycles. The Bertz CT molecular complexity index is 217. The molecule has 1 atom stereocenters. The first-order chi connectivity index (χ1) is 5.24. The van der Waals surface area contributed by atoms with Gasteiger partial charge in [0.15, 0.2) is 0 Å². The third-order valence-corrected chi connectivity index (χ3v) is 1.76. The summed E-state index contributed by atoms with van der Waals surface area (Å²) >= 11 is 0. The molecule has 1 aromatic rings. The highest BCUT2D eigenvalue weighted by atomic mass is 16.3. The summed E-state index contributed by atoms with van der Waals surface area (Å²) in [5.74, 6) is 2.52. The van der Waals surface area contributed by atoms with Gasteiger partial charge in [-0.25, -0.2) is 0 Å². The Morgan fingerprint density at radius 1 is 1.55 bits per heavy atom. The van der Waals surface area contributed by atoms with Crippen molar-refractivity contribution in [2.75, 3.05) is 13.6 Å². The van der Waals surface area contributed by atoms with Gasteiger partial charge in [-0.2, -0.15) is 0 Å². The first-order valence-corrected chi connectivity index (χ1v) is 3.95. The minimum absolute atomic E-state index is 0.466. The SMILES string of the molecule is CNCC(C)c1ccc(C)o1. The van der Waals surface area contributed by atoms with E-state index in [1.54, 1.807) is 0 Å². The molecule has 0 radical (unpaired) electrons. The summed E-state index contributed by atoms with van der Waals surface area (Å²) in [6, 6.07) is 4.04. The van der Waals surface area contributed by atoms with Crippen LogP contribution in [0.1, 0.15) is 24.4 Å². The molecule has 62 valence electrons. The number of hydrogen-bond donors (Lipinski definition) is 1. The largest absolute Gasteiger partial charge is 0.466 e. The fourth-order valence-corrected chi connectivity index (χ4v) is 1.13. The summed E-state index contributed by atoms with van der Waals surface area (Å²) in [4.78, 5) is 0. The third-order valence-electron chi connectivity index (χ3n) is 1.76. The van der Waals surface area contributed by atoms with E-state index < -0.39 is 0 Å². The fraction of sp³-hybridized carbons (Fsp3) is 0.556. The molecule has 1 unspecified atom stereocenters. The maximum Gasteiger partial charge on any atom is 0.108 e. The number of aryl methyl sites for hydroxylation is 1. The van der Waals surface area contributed by atoms with E-state index >= 15 is 0 Å². The van der Waals surface area contributed by atoms with Crippen LogP contribution in [0.5, 0.6) is 0 Å². The Morgan fingerprint density at radius 3 is 2.73 bits per heavy atom. The molecular formula is C9H15NO. The topological polar surface area (TPSA) is 25.2 Å². The highest BCUT2D eigenvalue weighted by Crippen LogP contribution is 2.16. The van der Waals surface area contributed by atoms with Crippen molar-refractivity contribution in [3.05, 3.63) is 23.7 Å².